The maximum atomic E-state index is 6.06. The summed E-state index contributed by atoms with van der Waals surface area (Å²) < 4.78 is 6.28. The van der Waals surface area contributed by atoms with Gasteiger partial charge >= 0.3 is 0 Å². The van der Waals surface area contributed by atoms with Crippen molar-refractivity contribution in [2.45, 2.75) is 0 Å². The van der Waals surface area contributed by atoms with Crippen LogP contribution >= 0.6 is 46.4 Å². The Hall–Kier alpha value is -1.05. The SMILES string of the molecule is COc1ccc(NC(=S)Nc2ccc(I)cc2)cc1Cl. The highest BCUT2D eigenvalue weighted by molar-refractivity contribution is 14.1. The summed E-state index contributed by atoms with van der Waals surface area (Å²) in [6, 6.07) is 13.4. The van der Waals surface area contributed by atoms with Crippen LogP contribution < -0.4 is 15.4 Å². The molecule has 2 aromatic carbocycles. The van der Waals surface area contributed by atoms with Gasteiger partial charge < -0.3 is 15.4 Å². The zero-order valence-electron chi connectivity index (χ0n) is 10.6. The maximum Gasteiger partial charge on any atom is 0.175 e. The zero-order chi connectivity index (χ0) is 14.5. The Kier molecular flexibility index (Phi) is 5.45. The number of methoxy groups -OCH3 is 1. The number of halogens is 2. The lowest BCUT2D eigenvalue weighted by molar-refractivity contribution is 0.415. The Bertz CT molecular complexity index is 619. The minimum absolute atomic E-state index is 0.507. The van der Waals surface area contributed by atoms with Crippen LogP contribution in [0.4, 0.5) is 11.4 Å². The Morgan fingerprint density at radius 1 is 1.10 bits per heavy atom. The molecule has 0 aliphatic rings. The van der Waals surface area contributed by atoms with Gasteiger partial charge in [0, 0.05) is 14.9 Å². The van der Waals surface area contributed by atoms with Crippen molar-refractivity contribution >= 4 is 62.9 Å². The van der Waals surface area contributed by atoms with Gasteiger partial charge in [0.1, 0.15) is 5.75 Å². The highest BCUT2D eigenvalue weighted by Gasteiger charge is 2.03. The van der Waals surface area contributed by atoms with Crippen LogP contribution in [0.1, 0.15) is 0 Å². The quantitative estimate of drug-likeness (QED) is 0.556. The van der Waals surface area contributed by atoms with Crippen LogP contribution in [0.5, 0.6) is 5.75 Å². The molecule has 0 aliphatic heterocycles. The van der Waals surface area contributed by atoms with Gasteiger partial charge in [-0.15, -0.1) is 0 Å². The molecule has 0 spiro atoms. The van der Waals surface area contributed by atoms with Crippen molar-refractivity contribution in [2.24, 2.45) is 0 Å². The molecule has 6 heteroatoms. The minimum Gasteiger partial charge on any atom is -0.495 e. The molecule has 0 amide bonds. The van der Waals surface area contributed by atoms with E-state index in [0.717, 1.165) is 11.4 Å². The average molecular weight is 419 g/mol. The first-order chi connectivity index (χ1) is 9.58. The van der Waals surface area contributed by atoms with Gasteiger partial charge in [0.25, 0.3) is 0 Å². The number of ether oxygens (including phenoxy) is 1. The summed E-state index contributed by atoms with van der Waals surface area (Å²) in [5, 5.41) is 7.23. The first kappa shape index (κ1) is 15.3. The smallest absolute Gasteiger partial charge is 0.175 e. The molecular weight excluding hydrogens is 407 g/mol. The van der Waals surface area contributed by atoms with Crippen molar-refractivity contribution in [1.82, 2.24) is 0 Å². The molecule has 104 valence electrons. The molecule has 0 aliphatic carbocycles. The normalized spacial score (nSPS) is 9.95. The number of anilines is 2. The third-order valence-corrected chi connectivity index (χ3v) is 3.73. The van der Waals surface area contributed by atoms with Crippen molar-refractivity contribution in [1.29, 1.82) is 0 Å². The number of rotatable bonds is 3. The summed E-state index contributed by atoms with van der Waals surface area (Å²) in [4.78, 5) is 0. The molecule has 0 saturated heterocycles. The van der Waals surface area contributed by atoms with Gasteiger partial charge in [-0.2, -0.15) is 0 Å². The van der Waals surface area contributed by atoms with Crippen LogP contribution in [-0.4, -0.2) is 12.2 Å². The summed E-state index contributed by atoms with van der Waals surface area (Å²) in [5.74, 6) is 0.633. The number of nitrogens with one attached hydrogen (secondary N) is 2. The van der Waals surface area contributed by atoms with E-state index < -0.39 is 0 Å². The van der Waals surface area contributed by atoms with Gasteiger partial charge in [0.05, 0.1) is 12.1 Å². The van der Waals surface area contributed by atoms with E-state index in [1.54, 1.807) is 19.2 Å². The van der Waals surface area contributed by atoms with E-state index in [1.807, 2.05) is 30.3 Å². The second-order valence-electron chi connectivity index (χ2n) is 3.94. The number of benzene rings is 2. The van der Waals surface area contributed by atoms with Crippen molar-refractivity contribution in [3.05, 3.63) is 51.1 Å². The van der Waals surface area contributed by atoms with Crippen molar-refractivity contribution in [3.8, 4) is 5.75 Å². The van der Waals surface area contributed by atoms with Crippen LogP contribution in [-0.2, 0) is 0 Å². The Labute approximate surface area is 141 Å². The lowest BCUT2D eigenvalue weighted by Crippen LogP contribution is -2.18. The van der Waals surface area contributed by atoms with E-state index in [0.29, 0.717) is 15.9 Å². The number of thiocarbonyl (C=S) groups is 1. The molecule has 3 nitrogen and oxygen atoms in total. The molecule has 0 atom stereocenters. The Morgan fingerprint density at radius 3 is 2.30 bits per heavy atom. The maximum absolute atomic E-state index is 6.06. The predicted molar refractivity (Wildman–Crippen MR) is 97.0 cm³/mol. The molecule has 0 fully saturated rings. The highest BCUT2D eigenvalue weighted by Crippen LogP contribution is 2.27. The van der Waals surface area contributed by atoms with Crippen molar-refractivity contribution in [2.75, 3.05) is 17.7 Å². The van der Waals surface area contributed by atoms with E-state index in [9.17, 15) is 0 Å². The predicted octanol–water partition coefficient (Wildman–Crippen LogP) is 4.76. The van der Waals surface area contributed by atoms with E-state index in [1.165, 1.54) is 3.57 Å². The highest BCUT2D eigenvalue weighted by atomic mass is 127. The Morgan fingerprint density at radius 2 is 1.70 bits per heavy atom. The molecule has 2 rings (SSSR count). The van der Waals surface area contributed by atoms with E-state index in [-0.39, 0.29) is 0 Å². The van der Waals surface area contributed by atoms with Crippen LogP contribution in [0.3, 0.4) is 0 Å². The second-order valence-corrected chi connectivity index (χ2v) is 6.00. The molecule has 0 saturated carbocycles. The molecular formula is C14H12ClIN2OS. The molecule has 20 heavy (non-hydrogen) atoms. The molecule has 2 aromatic rings. The van der Waals surface area contributed by atoms with Crippen LogP contribution in [0.25, 0.3) is 0 Å². The van der Waals surface area contributed by atoms with Gasteiger partial charge in [-0.05, 0) is 77.3 Å². The van der Waals surface area contributed by atoms with Crippen LogP contribution in [0.2, 0.25) is 5.02 Å². The second kappa shape index (κ2) is 7.10. The summed E-state index contributed by atoms with van der Waals surface area (Å²) in [6.07, 6.45) is 0. The molecule has 2 N–H and O–H groups in total. The third kappa shape index (κ3) is 4.22. The fraction of sp³-hybridized carbons (Fsp3) is 0.0714. The summed E-state index contributed by atoms with van der Waals surface area (Å²) in [7, 11) is 1.58. The first-order valence-corrected chi connectivity index (χ1v) is 7.62. The average Bonchev–Trinajstić information content (AvgIpc) is 2.41. The lowest BCUT2D eigenvalue weighted by Gasteiger charge is -2.12. The van der Waals surface area contributed by atoms with E-state index in [4.69, 9.17) is 28.6 Å². The van der Waals surface area contributed by atoms with E-state index in [2.05, 4.69) is 33.2 Å². The van der Waals surface area contributed by atoms with Gasteiger partial charge in [-0.25, -0.2) is 0 Å². The lowest BCUT2D eigenvalue weighted by atomic mass is 10.3. The fourth-order valence-electron chi connectivity index (χ4n) is 1.57. The summed E-state index contributed by atoms with van der Waals surface area (Å²) in [5.41, 5.74) is 1.74. The molecule has 0 aromatic heterocycles. The van der Waals surface area contributed by atoms with Gasteiger partial charge in [-0.3, -0.25) is 0 Å². The largest absolute Gasteiger partial charge is 0.495 e. The van der Waals surface area contributed by atoms with Gasteiger partial charge in [0.2, 0.25) is 0 Å². The fourth-order valence-corrected chi connectivity index (χ4v) is 2.42. The van der Waals surface area contributed by atoms with Crippen LogP contribution in [0, 0.1) is 3.57 Å². The zero-order valence-corrected chi connectivity index (χ0v) is 14.3. The molecule has 0 bridgehead atoms. The number of hydrogen-bond acceptors (Lipinski definition) is 2. The topological polar surface area (TPSA) is 33.3 Å². The molecule has 0 heterocycles. The monoisotopic (exact) mass is 418 g/mol. The first-order valence-electron chi connectivity index (χ1n) is 5.75. The molecule has 0 unspecified atom stereocenters. The Balaban J connectivity index is 2.01. The summed E-state index contributed by atoms with van der Waals surface area (Å²) >= 11 is 13.6. The summed E-state index contributed by atoms with van der Waals surface area (Å²) in [6.45, 7) is 0. The minimum atomic E-state index is 0.507. The van der Waals surface area contributed by atoms with Crippen LogP contribution in [0.15, 0.2) is 42.5 Å². The van der Waals surface area contributed by atoms with E-state index >= 15 is 0 Å². The van der Waals surface area contributed by atoms with Crippen molar-refractivity contribution < 1.29 is 4.74 Å². The van der Waals surface area contributed by atoms with Gasteiger partial charge in [0.15, 0.2) is 5.11 Å². The van der Waals surface area contributed by atoms with Crippen molar-refractivity contribution in [3.63, 3.8) is 0 Å². The van der Waals surface area contributed by atoms with Gasteiger partial charge in [-0.1, -0.05) is 11.6 Å². The standard InChI is InChI=1S/C14H12ClIN2OS/c1-19-13-7-6-11(8-12(13)15)18-14(20)17-10-4-2-9(16)3-5-10/h2-8H,1H3,(H2,17,18,20). The molecule has 0 radical (unpaired) electrons. The number of hydrogen-bond donors (Lipinski definition) is 2. The third-order valence-electron chi connectivity index (χ3n) is 2.51.